The van der Waals surface area contributed by atoms with E-state index in [9.17, 15) is 9.59 Å². The van der Waals surface area contributed by atoms with Gasteiger partial charge in [-0.05, 0) is 29.7 Å². The number of esters is 1. The zero-order valence-corrected chi connectivity index (χ0v) is 14.9. The second-order valence-corrected chi connectivity index (χ2v) is 6.16. The first-order chi connectivity index (χ1) is 13.2. The minimum Gasteiger partial charge on any atom is -0.452 e. The number of rotatable bonds is 7. The van der Waals surface area contributed by atoms with Gasteiger partial charge >= 0.3 is 5.97 Å². The van der Waals surface area contributed by atoms with Crippen molar-refractivity contribution in [1.29, 1.82) is 0 Å². The van der Waals surface area contributed by atoms with Crippen LogP contribution < -0.4 is 5.32 Å². The molecule has 4 heteroatoms. The summed E-state index contributed by atoms with van der Waals surface area (Å²) in [6.45, 7) is -0.314. The molecule has 1 atom stereocenters. The summed E-state index contributed by atoms with van der Waals surface area (Å²) in [5.41, 5.74) is 2.55. The summed E-state index contributed by atoms with van der Waals surface area (Å²) in [6, 6.07) is 28.2. The van der Waals surface area contributed by atoms with Crippen LogP contribution in [0.3, 0.4) is 0 Å². The summed E-state index contributed by atoms with van der Waals surface area (Å²) in [4.78, 5) is 24.4. The molecule has 27 heavy (non-hydrogen) atoms. The van der Waals surface area contributed by atoms with E-state index in [4.69, 9.17) is 4.74 Å². The van der Waals surface area contributed by atoms with Crippen LogP contribution in [0.1, 0.15) is 27.5 Å². The van der Waals surface area contributed by atoms with E-state index in [0.717, 1.165) is 11.1 Å². The number of amides is 1. The summed E-state index contributed by atoms with van der Waals surface area (Å²) in [5, 5.41) is 2.97. The average Bonchev–Trinajstić information content (AvgIpc) is 2.73. The summed E-state index contributed by atoms with van der Waals surface area (Å²) < 4.78 is 5.13. The molecule has 0 aliphatic heterocycles. The molecule has 1 N–H and O–H groups in total. The topological polar surface area (TPSA) is 55.4 Å². The number of hydrogen-bond acceptors (Lipinski definition) is 3. The maximum Gasteiger partial charge on any atom is 0.338 e. The molecule has 0 aliphatic rings. The molecular weight excluding hydrogens is 338 g/mol. The SMILES string of the molecule is O=C(COC(=O)c1ccccc1)N[C@H](Cc1ccccc1)c1ccccc1. The Hall–Kier alpha value is -3.40. The van der Waals surface area contributed by atoms with Crippen LogP contribution in [0.15, 0.2) is 91.0 Å². The van der Waals surface area contributed by atoms with Crippen LogP contribution in [-0.2, 0) is 16.0 Å². The average molecular weight is 359 g/mol. The van der Waals surface area contributed by atoms with Gasteiger partial charge in [0.1, 0.15) is 0 Å². The molecule has 3 rings (SSSR count). The summed E-state index contributed by atoms with van der Waals surface area (Å²) in [5.74, 6) is -0.839. The second-order valence-electron chi connectivity index (χ2n) is 6.16. The first-order valence-electron chi connectivity index (χ1n) is 8.83. The quantitative estimate of drug-likeness (QED) is 0.650. The molecule has 0 unspecified atom stereocenters. The summed E-state index contributed by atoms with van der Waals surface area (Å²) in [7, 11) is 0. The van der Waals surface area contributed by atoms with Gasteiger partial charge in [-0.15, -0.1) is 0 Å². The number of benzene rings is 3. The minimum absolute atomic E-state index is 0.198. The van der Waals surface area contributed by atoms with Crippen molar-refractivity contribution in [3.63, 3.8) is 0 Å². The summed E-state index contributed by atoms with van der Waals surface area (Å²) in [6.07, 6.45) is 0.656. The van der Waals surface area contributed by atoms with E-state index in [2.05, 4.69) is 5.32 Å². The Morgan fingerprint density at radius 1 is 0.778 bits per heavy atom. The second kappa shape index (κ2) is 9.34. The number of nitrogens with one attached hydrogen (secondary N) is 1. The number of carbonyl (C=O) groups is 2. The Balaban J connectivity index is 1.63. The molecule has 0 spiro atoms. The van der Waals surface area contributed by atoms with E-state index < -0.39 is 5.97 Å². The van der Waals surface area contributed by atoms with E-state index in [1.807, 2.05) is 66.7 Å². The van der Waals surface area contributed by atoms with Crippen molar-refractivity contribution in [2.75, 3.05) is 6.61 Å². The van der Waals surface area contributed by atoms with Crippen LogP contribution in [-0.4, -0.2) is 18.5 Å². The summed E-state index contributed by atoms with van der Waals surface area (Å²) >= 11 is 0. The normalized spacial score (nSPS) is 11.4. The Kier molecular flexibility index (Phi) is 6.36. The molecule has 1 amide bonds. The third-order valence-corrected chi connectivity index (χ3v) is 4.16. The molecule has 0 fully saturated rings. The highest BCUT2D eigenvalue weighted by atomic mass is 16.5. The lowest BCUT2D eigenvalue weighted by atomic mass is 9.99. The smallest absolute Gasteiger partial charge is 0.338 e. The van der Waals surface area contributed by atoms with Crippen molar-refractivity contribution in [2.45, 2.75) is 12.5 Å². The first-order valence-corrected chi connectivity index (χ1v) is 8.83. The van der Waals surface area contributed by atoms with E-state index in [0.29, 0.717) is 12.0 Å². The van der Waals surface area contributed by atoms with E-state index in [-0.39, 0.29) is 18.6 Å². The lowest BCUT2D eigenvalue weighted by Gasteiger charge is -2.19. The highest BCUT2D eigenvalue weighted by Crippen LogP contribution is 2.18. The fraction of sp³-hybridized carbons (Fsp3) is 0.130. The molecule has 136 valence electrons. The van der Waals surface area contributed by atoms with Crippen LogP contribution in [0.4, 0.5) is 0 Å². The van der Waals surface area contributed by atoms with Crippen LogP contribution in [0, 0.1) is 0 Å². The number of hydrogen-bond donors (Lipinski definition) is 1. The zero-order chi connectivity index (χ0) is 18.9. The molecule has 3 aromatic carbocycles. The molecular formula is C23H21NO3. The van der Waals surface area contributed by atoms with Gasteiger partial charge in [0.25, 0.3) is 5.91 Å². The highest BCUT2D eigenvalue weighted by Gasteiger charge is 2.17. The molecule has 4 nitrogen and oxygen atoms in total. The number of carbonyl (C=O) groups excluding carboxylic acids is 2. The van der Waals surface area contributed by atoms with Crippen LogP contribution in [0.2, 0.25) is 0 Å². The molecule has 0 aromatic heterocycles. The largest absolute Gasteiger partial charge is 0.452 e. The van der Waals surface area contributed by atoms with Gasteiger partial charge in [-0.1, -0.05) is 78.9 Å². The van der Waals surface area contributed by atoms with Crippen LogP contribution >= 0.6 is 0 Å². The fourth-order valence-electron chi connectivity index (χ4n) is 2.81. The van der Waals surface area contributed by atoms with Gasteiger partial charge in [0.05, 0.1) is 11.6 Å². The third kappa shape index (κ3) is 5.54. The molecule has 0 saturated carbocycles. The number of ether oxygens (including phenoxy) is 1. The molecule has 0 bridgehead atoms. The van der Waals surface area contributed by atoms with Crippen molar-refractivity contribution >= 4 is 11.9 Å². The van der Waals surface area contributed by atoms with Crippen molar-refractivity contribution in [3.05, 3.63) is 108 Å². The van der Waals surface area contributed by atoms with E-state index in [1.165, 1.54) is 0 Å². The van der Waals surface area contributed by atoms with Crippen molar-refractivity contribution in [2.24, 2.45) is 0 Å². The fourth-order valence-corrected chi connectivity index (χ4v) is 2.81. The zero-order valence-electron chi connectivity index (χ0n) is 14.9. The van der Waals surface area contributed by atoms with Crippen molar-refractivity contribution < 1.29 is 14.3 Å². The maximum atomic E-state index is 12.4. The Morgan fingerprint density at radius 3 is 1.96 bits per heavy atom. The maximum absolute atomic E-state index is 12.4. The van der Waals surface area contributed by atoms with Gasteiger partial charge in [-0.3, -0.25) is 4.79 Å². The predicted molar refractivity (Wildman–Crippen MR) is 104 cm³/mol. The monoisotopic (exact) mass is 359 g/mol. The van der Waals surface area contributed by atoms with Crippen molar-refractivity contribution in [1.82, 2.24) is 5.32 Å². The van der Waals surface area contributed by atoms with Crippen LogP contribution in [0.5, 0.6) is 0 Å². The van der Waals surface area contributed by atoms with Crippen molar-refractivity contribution in [3.8, 4) is 0 Å². The standard InChI is InChI=1S/C23H21NO3/c25-22(17-27-23(26)20-14-8-3-9-15-20)24-21(19-12-6-2-7-13-19)16-18-10-4-1-5-11-18/h1-15,21H,16-17H2,(H,24,25)/t21-/m1/s1. The predicted octanol–water partition coefficient (Wildman–Crippen LogP) is 3.94. The van der Waals surface area contributed by atoms with E-state index in [1.54, 1.807) is 24.3 Å². The lowest BCUT2D eigenvalue weighted by molar-refractivity contribution is -0.125. The lowest BCUT2D eigenvalue weighted by Crippen LogP contribution is -2.33. The molecule has 0 aliphatic carbocycles. The van der Waals surface area contributed by atoms with Gasteiger partial charge < -0.3 is 10.1 Å². The van der Waals surface area contributed by atoms with E-state index >= 15 is 0 Å². The molecule has 0 radical (unpaired) electrons. The van der Waals surface area contributed by atoms with Gasteiger partial charge in [0.15, 0.2) is 6.61 Å². The van der Waals surface area contributed by atoms with Gasteiger partial charge in [0.2, 0.25) is 0 Å². The van der Waals surface area contributed by atoms with Gasteiger partial charge in [-0.2, -0.15) is 0 Å². The Bertz CT molecular complexity index is 864. The minimum atomic E-state index is -0.509. The van der Waals surface area contributed by atoms with Gasteiger partial charge in [-0.25, -0.2) is 4.79 Å². The molecule has 0 saturated heterocycles. The first kappa shape index (κ1) is 18.4. The third-order valence-electron chi connectivity index (χ3n) is 4.16. The Labute approximate surface area is 158 Å². The Morgan fingerprint density at radius 2 is 1.33 bits per heavy atom. The molecule has 0 heterocycles. The molecule has 3 aromatic rings. The highest BCUT2D eigenvalue weighted by molar-refractivity contribution is 5.91. The van der Waals surface area contributed by atoms with Crippen LogP contribution in [0.25, 0.3) is 0 Å². The van der Waals surface area contributed by atoms with Gasteiger partial charge in [0, 0.05) is 0 Å².